The van der Waals surface area contributed by atoms with Crippen LogP contribution in [0.15, 0.2) is 185 Å². The van der Waals surface area contributed by atoms with Gasteiger partial charge in [0.05, 0.1) is 28.1 Å². The number of hydrogen-bond donors (Lipinski definition) is 0. The van der Waals surface area contributed by atoms with Crippen LogP contribution in [0.25, 0.3) is 87.0 Å². The minimum Gasteiger partial charge on any atom is -0.455 e. The molecule has 0 N–H and O–H groups in total. The summed E-state index contributed by atoms with van der Waals surface area (Å²) in [5, 5.41) is 15.4. The molecular formula is C62H41N2O3P. The van der Waals surface area contributed by atoms with Crippen LogP contribution in [0.1, 0.15) is 22.3 Å². The Balaban J connectivity index is 1.13. The van der Waals surface area contributed by atoms with E-state index >= 15 is 4.57 Å². The van der Waals surface area contributed by atoms with Gasteiger partial charge in [0.15, 0.2) is 7.14 Å². The molecule has 0 saturated carbocycles. The number of aryl methyl sites for hydroxylation is 4. The van der Waals surface area contributed by atoms with E-state index in [1.807, 2.05) is 0 Å². The van der Waals surface area contributed by atoms with Gasteiger partial charge >= 0.3 is 0 Å². The van der Waals surface area contributed by atoms with Crippen molar-refractivity contribution in [1.29, 1.82) is 0 Å². The highest BCUT2D eigenvalue weighted by Crippen LogP contribution is 2.63. The Morgan fingerprint density at radius 3 is 1.10 bits per heavy atom. The first-order chi connectivity index (χ1) is 33.2. The Hall–Kier alpha value is -8.11. The molecule has 4 heterocycles. The van der Waals surface area contributed by atoms with Gasteiger partial charge in [-0.25, -0.2) is 0 Å². The largest absolute Gasteiger partial charge is 0.455 e. The topological polar surface area (TPSA) is 49.8 Å². The first-order valence-electron chi connectivity index (χ1n) is 23.3. The number of fused-ring (bicyclic) bond motifs is 20. The number of benzene rings is 11. The normalized spacial score (nSPS) is 14.0. The zero-order valence-corrected chi connectivity index (χ0v) is 38.7. The summed E-state index contributed by atoms with van der Waals surface area (Å²) >= 11 is 0. The first-order valence-corrected chi connectivity index (χ1v) is 25.0. The van der Waals surface area contributed by atoms with Crippen LogP contribution in [-0.2, 0) is 4.57 Å². The SMILES string of the molecule is Cc1cc(C)cc(N2c3cc4c(cc3P3(=O)c5cc6oc7c8ccccc8c8ccccc8c7c6cc5N(c5cc(C)cc(C)c5)c5cccc2c53)oc2c3ccccc3c3ccccc3c42)c1. The van der Waals surface area contributed by atoms with Gasteiger partial charge < -0.3 is 23.2 Å². The molecular weight excluding hydrogens is 852 g/mol. The lowest BCUT2D eigenvalue weighted by Crippen LogP contribution is -2.43. The van der Waals surface area contributed by atoms with Crippen molar-refractivity contribution in [3.8, 4) is 0 Å². The van der Waals surface area contributed by atoms with Gasteiger partial charge in [0.1, 0.15) is 22.3 Å². The fraction of sp³-hybridized carbons (Fsp3) is 0.0645. The highest BCUT2D eigenvalue weighted by molar-refractivity contribution is 7.86. The van der Waals surface area contributed by atoms with Crippen molar-refractivity contribution in [2.45, 2.75) is 27.7 Å². The first kappa shape index (κ1) is 38.0. The maximum atomic E-state index is 17.8. The molecule has 68 heavy (non-hydrogen) atoms. The van der Waals surface area contributed by atoms with Crippen molar-refractivity contribution in [2.24, 2.45) is 0 Å². The molecule has 0 fully saturated rings. The number of hydrogen-bond acceptors (Lipinski definition) is 5. The fourth-order valence-corrected chi connectivity index (χ4v) is 15.6. The van der Waals surface area contributed by atoms with Crippen LogP contribution in [0.2, 0.25) is 0 Å². The molecule has 11 aromatic carbocycles. The number of anilines is 6. The molecule has 5 nitrogen and oxygen atoms in total. The highest BCUT2D eigenvalue weighted by Gasteiger charge is 2.49. The number of furan rings is 2. The highest BCUT2D eigenvalue weighted by atomic mass is 31.2. The summed E-state index contributed by atoms with van der Waals surface area (Å²) in [6.45, 7) is 8.61. The van der Waals surface area contributed by atoms with Crippen molar-refractivity contribution >= 4 is 144 Å². The molecule has 0 atom stereocenters. The fourth-order valence-electron chi connectivity index (χ4n) is 12.3. The lowest BCUT2D eigenvalue weighted by Gasteiger charge is -2.44. The zero-order valence-electron chi connectivity index (χ0n) is 37.8. The van der Waals surface area contributed by atoms with Crippen LogP contribution >= 0.6 is 7.14 Å². The van der Waals surface area contributed by atoms with Gasteiger partial charge in [-0.15, -0.1) is 0 Å². The Labute approximate surface area is 391 Å². The molecule has 6 heteroatoms. The molecule has 322 valence electrons. The van der Waals surface area contributed by atoms with Crippen molar-refractivity contribution in [1.82, 2.24) is 0 Å². The van der Waals surface area contributed by atoms with Crippen LogP contribution in [0.3, 0.4) is 0 Å². The van der Waals surface area contributed by atoms with E-state index in [0.717, 1.165) is 137 Å². The van der Waals surface area contributed by atoms with E-state index in [1.165, 1.54) is 10.8 Å². The van der Waals surface area contributed by atoms with Gasteiger partial charge in [-0.2, -0.15) is 0 Å². The number of rotatable bonds is 2. The Morgan fingerprint density at radius 2 is 0.706 bits per heavy atom. The van der Waals surface area contributed by atoms with Crippen molar-refractivity contribution in [3.05, 3.63) is 198 Å². The predicted octanol–water partition coefficient (Wildman–Crippen LogP) is 16.5. The van der Waals surface area contributed by atoms with E-state index in [1.54, 1.807) is 0 Å². The Kier molecular flexibility index (Phi) is 7.43. The molecule has 0 unspecified atom stereocenters. The molecule has 15 rings (SSSR count). The summed E-state index contributed by atoms with van der Waals surface area (Å²) in [6, 6.07) is 62.9. The second-order valence-corrected chi connectivity index (χ2v) is 21.7. The van der Waals surface area contributed by atoms with Gasteiger partial charge in [0.25, 0.3) is 0 Å². The third-order valence-electron chi connectivity index (χ3n) is 14.8. The van der Waals surface area contributed by atoms with E-state index in [2.05, 4.69) is 213 Å². The summed E-state index contributed by atoms with van der Waals surface area (Å²) in [5.74, 6) is 0. The van der Waals surface area contributed by atoms with Crippen LogP contribution < -0.4 is 25.7 Å². The van der Waals surface area contributed by atoms with Crippen LogP contribution in [0, 0.1) is 27.7 Å². The maximum Gasteiger partial charge on any atom is 0.179 e. The standard InChI is InChI=1S/C62H41N2O3P/c1-34-24-35(2)27-38(26-34)63-50-22-13-23-51-62(50)68(65,56-32-54-48(30-52(56)63)58-44-18-9-5-14-40(44)42-16-7-11-20-46(42)60(58)66-54)57-33-55-49(31-53(57)64(51)39-28-36(3)25-37(4)29-39)59-45-19-10-6-15-41(45)43-17-8-12-21-47(43)61(59)67-55/h5-33H,1-4H3. The third-order valence-corrected chi connectivity index (χ3v) is 17.9. The predicted molar refractivity (Wildman–Crippen MR) is 286 cm³/mol. The molecule has 0 spiro atoms. The lowest BCUT2D eigenvalue weighted by atomic mass is 9.96. The third kappa shape index (κ3) is 4.88. The molecule has 13 aromatic rings. The monoisotopic (exact) mass is 892 g/mol. The molecule has 0 aliphatic carbocycles. The van der Waals surface area contributed by atoms with E-state index in [-0.39, 0.29) is 0 Å². The van der Waals surface area contributed by atoms with E-state index in [9.17, 15) is 0 Å². The Morgan fingerprint density at radius 1 is 0.353 bits per heavy atom. The molecule has 0 amide bonds. The van der Waals surface area contributed by atoms with Gasteiger partial charge in [-0.1, -0.05) is 115 Å². The maximum absolute atomic E-state index is 17.8. The smallest absolute Gasteiger partial charge is 0.179 e. The Bertz CT molecular complexity index is 4180. The minimum atomic E-state index is -3.77. The van der Waals surface area contributed by atoms with E-state index in [4.69, 9.17) is 8.83 Å². The quantitative estimate of drug-likeness (QED) is 0.128. The zero-order chi connectivity index (χ0) is 45.3. The average Bonchev–Trinajstić information content (AvgIpc) is 3.92. The minimum absolute atomic E-state index is 0.706. The second kappa shape index (κ2) is 13.3. The van der Waals surface area contributed by atoms with Crippen molar-refractivity contribution in [2.75, 3.05) is 9.80 Å². The van der Waals surface area contributed by atoms with Crippen LogP contribution in [-0.4, -0.2) is 0 Å². The van der Waals surface area contributed by atoms with Gasteiger partial charge in [0, 0.05) is 54.3 Å². The summed E-state index contributed by atoms with van der Waals surface area (Å²) in [4.78, 5) is 4.71. The van der Waals surface area contributed by atoms with Crippen LogP contribution in [0.4, 0.5) is 34.1 Å². The van der Waals surface area contributed by atoms with Gasteiger partial charge in [0.2, 0.25) is 0 Å². The molecule has 0 bridgehead atoms. The van der Waals surface area contributed by atoms with Crippen molar-refractivity contribution < 1.29 is 13.4 Å². The van der Waals surface area contributed by atoms with E-state index in [0.29, 0.717) is 11.2 Å². The summed E-state index contributed by atoms with van der Waals surface area (Å²) < 4.78 is 32.0. The summed E-state index contributed by atoms with van der Waals surface area (Å²) in [7, 11) is -3.77. The molecule has 2 aliphatic rings. The molecule has 2 aliphatic heterocycles. The average molecular weight is 893 g/mol. The molecule has 2 aromatic heterocycles. The number of nitrogens with zero attached hydrogens (tertiary/aromatic N) is 2. The molecule has 0 radical (unpaired) electrons. The van der Waals surface area contributed by atoms with Gasteiger partial charge in [-0.05, 0) is 143 Å². The second-order valence-electron chi connectivity index (χ2n) is 19.1. The summed E-state index contributed by atoms with van der Waals surface area (Å²) in [5.41, 5.74) is 13.3. The van der Waals surface area contributed by atoms with E-state index < -0.39 is 7.14 Å². The van der Waals surface area contributed by atoms with Crippen molar-refractivity contribution in [3.63, 3.8) is 0 Å². The summed E-state index contributed by atoms with van der Waals surface area (Å²) in [6.07, 6.45) is 0. The van der Waals surface area contributed by atoms with Gasteiger partial charge in [-0.3, -0.25) is 0 Å². The van der Waals surface area contributed by atoms with Crippen LogP contribution in [0.5, 0.6) is 0 Å². The molecule has 0 saturated heterocycles. The lowest BCUT2D eigenvalue weighted by molar-refractivity contribution is 0.592.